The molecule has 1 aliphatic carbocycles. The summed E-state index contributed by atoms with van der Waals surface area (Å²) in [7, 11) is 0. The molecule has 2 amide bonds. The van der Waals surface area contributed by atoms with Crippen LogP contribution in [0.1, 0.15) is 76.2 Å². The summed E-state index contributed by atoms with van der Waals surface area (Å²) in [6.07, 6.45) is 0.694. The number of imide groups is 1. The summed E-state index contributed by atoms with van der Waals surface area (Å²) in [5.41, 5.74) is 0.497. The highest BCUT2D eigenvalue weighted by Gasteiger charge is 2.52. The van der Waals surface area contributed by atoms with Crippen molar-refractivity contribution in [3.8, 4) is 5.75 Å². The van der Waals surface area contributed by atoms with Crippen LogP contribution in [0.2, 0.25) is 0 Å². The molecule has 1 heterocycles. The molecule has 7 heteroatoms. The lowest BCUT2D eigenvalue weighted by Gasteiger charge is -2.38. The van der Waals surface area contributed by atoms with Crippen molar-refractivity contribution in [2.75, 3.05) is 6.61 Å². The first-order valence-corrected chi connectivity index (χ1v) is 11.1. The molecule has 2 aromatic carbocycles. The molecule has 4 rings (SSSR count). The van der Waals surface area contributed by atoms with Crippen molar-refractivity contribution in [3.63, 3.8) is 0 Å². The standard InChI is InChI=1S/C26H25NO6/c1-3-33-19-8-6-17(7-9-19)22(29)11-5-16-4-10-20-21(14-16)25(32)27(24(20)31)26(2)13-12-18(28)15-23(26)30/h4,6-10,14H,3,5,11-13,15H2,1-2H3/t26-/m0/s1. The van der Waals surface area contributed by atoms with Gasteiger partial charge in [0.25, 0.3) is 11.8 Å². The number of hydrogen-bond acceptors (Lipinski definition) is 6. The number of amides is 2. The highest BCUT2D eigenvalue weighted by Crippen LogP contribution is 2.36. The van der Waals surface area contributed by atoms with E-state index in [0.29, 0.717) is 24.3 Å². The number of Topliss-reactive ketones (excluding diaryl/α,β-unsaturated/α-hetero) is 3. The Balaban J connectivity index is 1.48. The number of rotatable bonds is 7. The normalized spacial score (nSPS) is 20.2. The molecule has 1 saturated carbocycles. The molecule has 1 aliphatic heterocycles. The quantitative estimate of drug-likeness (QED) is 0.366. The van der Waals surface area contributed by atoms with Gasteiger partial charge in [-0.2, -0.15) is 0 Å². The number of hydrogen-bond donors (Lipinski definition) is 0. The third kappa shape index (κ3) is 4.11. The number of fused-ring (bicyclic) bond motifs is 1. The van der Waals surface area contributed by atoms with Crippen LogP contribution in [-0.2, 0) is 16.0 Å². The van der Waals surface area contributed by atoms with Crippen molar-refractivity contribution in [3.05, 3.63) is 64.7 Å². The van der Waals surface area contributed by atoms with Gasteiger partial charge >= 0.3 is 0 Å². The summed E-state index contributed by atoms with van der Waals surface area (Å²) in [4.78, 5) is 63.9. The number of carbonyl (C=O) groups is 5. The van der Waals surface area contributed by atoms with Gasteiger partial charge in [0, 0.05) is 18.4 Å². The zero-order chi connectivity index (χ0) is 23.8. The average Bonchev–Trinajstić information content (AvgIpc) is 3.05. The Labute approximate surface area is 191 Å². The summed E-state index contributed by atoms with van der Waals surface area (Å²) in [5, 5.41) is 0. The lowest BCUT2D eigenvalue weighted by atomic mass is 9.80. The zero-order valence-electron chi connectivity index (χ0n) is 18.7. The molecule has 2 aromatic rings. The number of ketones is 3. The first kappa shape index (κ1) is 22.6. The smallest absolute Gasteiger partial charge is 0.262 e. The fourth-order valence-electron chi connectivity index (χ4n) is 4.41. The van der Waals surface area contributed by atoms with Crippen molar-refractivity contribution in [2.24, 2.45) is 0 Å². The third-order valence-corrected chi connectivity index (χ3v) is 6.42. The minimum absolute atomic E-state index is 0.0347. The first-order valence-electron chi connectivity index (χ1n) is 11.1. The highest BCUT2D eigenvalue weighted by atomic mass is 16.5. The summed E-state index contributed by atoms with van der Waals surface area (Å²) in [5.74, 6) is -0.956. The summed E-state index contributed by atoms with van der Waals surface area (Å²) in [6.45, 7) is 4.00. The second-order valence-electron chi connectivity index (χ2n) is 8.62. The maximum Gasteiger partial charge on any atom is 0.262 e. The lowest BCUT2D eigenvalue weighted by molar-refractivity contribution is -0.137. The third-order valence-electron chi connectivity index (χ3n) is 6.42. The minimum atomic E-state index is -1.31. The van der Waals surface area contributed by atoms with Crippen LogP contribution in [0.4, 0.5) is 0 Å². The second-order valence-corrected chi connectivity index (χ2v) is 8.62. The van der Waals surface area contributed by atoms with Crippen LogP contribution in [-0.4, -0.2) is 46.2 Å². The maximum atomic E-state index is 13.1. The van der Waals surface area contributed by atoms with Crippen LogP contribution in [0, 0.1) is 0 Å². The van der Waals surface area contributed by atoms with E-state index in [1.54, 1.807) is 49.4 Å². The minimum Gasteiger partial charge on any atom is -0.494 e. The predicted octanol–water partition coefficient (Wildman–Crippen LogP) is 3.58. The van der Waals surface area contributed by atoms with Gasteiger partial charge in [0.2, 0.25) is 0 Å². The van der Waals surface area contributed by atoms with E-state index in [0.717, 1.165) is 10.5 Å². The predicted molar refractivity (Wildman–Crippen MR) is 119 cm³/mol. The van der Waals surface area contributed by atoms with Crippen LogP contribution >= 0.6 is 0 Å². The molecule has 2 aliphatic rings. The van der Waals surface area contributed by atoms with Gasteiger partial charge in [0.15, 0.2) is 11.6 Å². The molecule has 1 fully saturated rings. The first-order chi connectivity index (χ1) is 15.7. The van der Waals surface area contributed by atoms with Crippen molar-refractivity contribution in [1.29, 1.82) is 0 Å². The molecule has 1 atom stereocenters. The van der Waals surface area contributed by atoms with Crippen molar-refractivity contribution in [2.45, 2.75) is 51.5 Å². The van der Waals surface area contributed by atoms with Gasteiger partial charge in [-0.15, -0.1) is 0 Å². The lowest BCUT2D eigenvalue weighted by Crippen LogP contribution is -2.57. The van der Waals surface area contributed by atoms with Gasteiger partial charge in [0.05, 0.1) is 24.2 Å². The summed E-state index contributed by atoms with van der Waals surface area (Å²) >= 11 is 0. The number of ether oxygens (including phenoxy) is 1. The van der Waals surface area contributed by atoms with Crippen molar-refractivity contribution in [1.82, 2.24) is 4.90 Å². The molecule has 170 valence electrons. The van der Waals surface area contributed by atoms with Crippen LogP contribution in [0.15, 0.2) is 42.5 Å². The monoisotopic (exact) mass is 447 g/mol. The van der Waals surface area contributed by atoms with E-state index >= 15 is 0 Å². The van der Waals surface area contributed by atoms with E-state index < -0.39 is 23.1 Å². The van der Waals surface area contributed by atoms with E-state index in [4.69, 9.17) is 4.74 Å². The Kier molecular flexibility index (Phi) is 5.97. The summed E-state index contributed by atoms with van der Waals surface area (Å²) < 4.78 is 5.39. The Morgan fingerprint density at radius 3 is 2.36 bits per heavy atom. The van der Waals surface area contributed by atoms with E-state index in [9.17, 15) is 24.0 Å². The van der Waals surface area contributed by atoms with Crippen LogP contribution in [0.5, 0.6) is 5.75 Å². The Morgan fingerprint density at radius 2 is 1.70 bits per heavy atom. The van der Waals surface area contributed by atoms with Crippen LogP contribution in [0.3, 0.4) is 0 Å². The van der Waals surface area contributed by atoms with E-state index in [2.05, 4.69) is 0 Å². The Morgan fingerprint density at radius 1 is 1.00 bits per heavy atom. The largest absolute Gasteiger partial charge is 0.494 e. The topological polar surface area (TPSA) is 97.8 Å². The fourth-order valence-corrected chi connectivity index (χ4v) is 4.41. The fraction of sp³-hybridized carbons (Fsp3) is 0.346. The van der Waals surface area contributed by atoms with Crippen molar-refractivity contribution < 1.29 is 28.7 Å². The van der Waals surface area contributed by atoms with E-state index in [1.807, 2.05) is 6.92 Å². The molecule has 0 radical (unpaired) electrons. The summed E-state index contributed by atoms with van der Waals surface area (Å²) in [6, 6.07) is 11.9. The molecule has 0 unspecified atom stereocenters. The molecule has 0 spiro atoms. The van der Waals surface area contributed by atoms with Gasteiger partial charge in [-0.25, -0.2) is 0 Å². The number of nitrogens with zero attached hydrogens (tertiary/aromatic N) is 1. The number of carbonyl (C=O) groups excluding carboxylic acids is 5. The number of benzene rings is 2. The van der Waals surface area contributed by atoms with E-state index in [1.165, 1.54) is 0 Å². The molecule has 0 aromatic heterocycles. The Bertz CT molecular complexity index is 1170. The van der Waals surface area contributed by atoms with Crippen molar-refractivity contribution >= 4 is 29.2 Å². The zero-order valence-corrected chi connectivity index (χ0v) is 18.7. The van der Waals surface area contributed by atoms with Gasteiger partial charge in [-0.1, -0.05) is 6.07 Å². The molecule has 7 nitrogen and oxygen atoms in total. The average molecular weight is 447 g/mol. The van der Waals surface area contributed by atoms with Gasteiger partial charge in [0.1, 0.15) is 17.1 Å². The molecule has 33 heavy (non-hydrogen) atoms. The SMILES string of the molecule is CCOc1ccc(C(=O)CCc2ccc3c(c2)C(=O)N([C@@]2(C)CCC(=O)CC2=O)C3=O)cc1. The van der Waals surface area contributed by atoms with Crippen LogP contribution in [0.25, 0.3) is 0 Å². The maximum absolute atomic E-state index is 13.1. The molecule has 0 saturated heterocycles. The van der Waals surface area contributed by atoms with E-state index in [-0.39, 0.29) is 48.4 Å². The Hall–Kier alpha value is -3.61. The highest BCUT2D eigenvalue weighted by molar-refractivity contribution is 6.24. The van der Waals surface area contributed by atoms with Gasteiger partial charge in [-0.3, -0.25) is 28.9 Å². The second kappa shape index (κ2) is 8.73. The van der Waals surface area contributed by atoms with Crippen LogP contribution < -0.4 is 4.74 Å². The molecule has 0 N–H and O–H groups in total. The molecule has 0 bridgehead atoms. The van der Waals surface area contributed by atoms with Gasteiger partial charge < -0.3 is 4.74 Å². The molecular weight excluding hydrogens is 422 g/mol. The molecular formula is C26H25NO6. The van der Waals surface area contributed by atoms with Gasteiger partial charge in [-0.05, 0) is 68.7 Å². The number of aryl methyl sites for hydroxylation is 1.